The summed E-state index contributed by atoms with van der Waals surface area (Å²) in [4.78, 5) is 12.2. The average Bonchev–Trinajstić information content (AvgIpc) is 2.43. The first-order valence-corrected chi connectivity index (χ1v) is 8.18. The Hall–Kier alpha value is -1.36. The molecule has 1 aliphatic heterocycles. The molecule has 0 radical (unpaired) electrons. The summed E-state index contributed by atoms with van der Waals surface area (Å²) in [5, 5.41) is 6.16. The van der Waals surface area contributed by atoms with Crippen LogP contribution in [-0.4, -0.2) is 34.7 Å². The molecule has 0 spiro atoms. The first kappa shape index (κ1) is 14.1. The number of benzene rings is 1. The number of hydrogen-bond donors (Lipinski definition) is 2. The molecule has 1 aromatic carbocycles. The number of nitrogens with one attached hydrogen (secondary N) is 2. The van der Waals surface area contributed by atoms with E-state index in [1.807, 2.05) is 25.1 Å². The van der Waals surface area contributed by atoms with E-state index in [0.717, 1.165) is 36.2 Å². The Labute approximate surface area is 116 Å². The van der Waals surface area contributed by atoms with E-state index in [1.54, 1.807) is 6.26 Å². The third-order valence-corrected chi connectivity index (χ3v) is 4.76. The van der Waals surface area contributed by atoms with Crippen LogP contribution in [0, 0.1) is 0 Å². The smallest absolute Gasteiger partial charge is 0.251 e. The van der Waals surface area contributed by atoms with Crippen LogP contribution in [-0.2, 0) is 17.2 Å². The van der Waals surface area contributed by atoms with Gasteiger partial charge in [0, 0.05) is 46.6 Å². The lowest BCUT2D eigenvalue weighted by atomic mass is 9.97. The molecule has 4 nitrogen and oxygen atoms in total. The van der Waals surface area contributed by atoms with Gasteiger partial charge in [0.2, 0.25) is 0 Å². The van der Waals surface area contributed by atoms with Crippen LogP contribution in [0.1, 0.15) is 29.3 Å². The minimum atomic E-state index is -0.912. The van der Waals surface area contributed by atoms with Gasteiger partial charge in [-0.2, -0.15) is 0 Å². The van der Waals surface area contributed by atoms with E-state index in [1.165, 1.54) is 0 Å². The van der Waals surface area contributed by atoms with Gasteiger partial charge in [0.15, 0.2) is 0 Å². The predicted octanol–water partition coefficient (Wildman–Crippen LogP) is 1.54. The fourth-order valence-electron chi connectivity index (χ4n) is 2.17. The maximum absolute atomic E-state index is 12.2. The van der Waals surface area contributed by atoms with E-state index in [4.69, 9.17) is 0 Å². The van der Waals surface area contributed by atoms with E-state index in [2.05, 4.69) is 10.6 Å². The van der Waals surface area contributed by atoms with Crippen LogP contribution in [0.4, 0.5) is 5.69 Å². The van der Waals surface area contributed by atoms with E-state index in [0.29, 0.717) is 6.54 Å². The van der Waals surface area contributed by atoms with Gasteiger partial charge in [-0.05, 0) is 37.5 Å². The molecule has 2 atom stereocenters. The minimum Gasteiger partial charge on any atom is -0.385 e. The summed E-state index contributed by atoms with van der Waals surface area (Å²) in [5.41, 5.74) is 2.89. The Balaban J connectivity index is 2.09. The van der Waals surface area contributed by atoms with Crippen molar-refractivity contribution in [2.75, 3.05) is 24.7 Å². The molecular formula is C14H20N2O2S. The van der Waals surface area contributed by atoms with Crippen molar-refractivity contribution >= 4 is 22.4 Å². The van der Waals surface area contributed by atoms with Crippen molar-refractivity contribution < 1.29 is 9.00 Å². The Morgan fingerprint density at radius 1 is 1.53 bits per heavy atom. The van der Waals surface area contributed by atoms with Crippen molar-refractivity contribution in [2.45, 2.75) is 25.0 Å². The van der Waals surface area contributed by atoms with E-state index in [-0.39, 0.29) is 11.2 Å². The van der Waals surface area contributed by atoms with Crippen molar-refractivity contribution in [1.82, 2.24) is 5.32 Å². The lowest BCUT2D eigenvalue weighted by Gasteiger charge is -2.20. The third-order valence-electron chi connectivity index (χ3n) is 3.46. The Morgan fingerprint density at radius 2 is 2.32 bits per heavy atom. The Kier molecular flexibility index (Phi) is 4.58. The van der Waals surface area contributed by atoms with E-state index < -0.39 is 10.8 Å². The fraction of sp³-hybridized carbons (Fsp3) is 0.500. The normalized spacial score (nSPS) is 16.9. The molecule has 0 bridgehead atoms. The first-order valence-electron chi connectivity index (χ1n) is 6.56. The molecule has 0 fully saturated rings. The minimum absolute atomic E-state index is 0.0263. The zero-order valence-electron chi connectivity index (χ0n) is 11.4. The van der Waals surface area contributed by atoms with Gasteiger partial charge in [-0.1, -0.05) is 6.07 Å². The Morgan fingerprint density at radius 3 is 3.05 bits per heavy atom. The summed E-state index contributed by atoms with van der Waals surface area (Å²) in [5.74, 6) is -0.0714. The van der Waals surface area contributed by atoms with Crippen LogP contribution in [0.25, 0.3) is 0 Å². The summed E-state index contributed by atoms with van der Waals surface area (Å²) < 4.78 is 11.3. The molecular weight excluding hydrogens is 260 g/mol. The predicted molar refractivity (Wildman–Crippen MR) is 79.1 cm³/mol. The van der Waals surface area contributed by atoms with Gasteiger partial charge < -0.3 is 10.6 Å². The van der Waals surface area contributed by atoms with Gasteiger partial charge in [-0.15, -0.1) is 0 Å². The van der Waals surface area contributed by atoms with Crippen molar-refractivity contribution in [2.24, 2.45) is 0 Å². The maximum atomic E-state index is 12.2. The lowest BCUT2D eigenvalue weighted by Crippen LogP contribution is -2.33. The number of fused-ring (bicyclic) bond motifs is 1. The largest absolute Gasteiger partial charge is 0.385 e. The Bertz CT molecular complexity index is 502. The summed E-state index contributed by atoms with van der Waals surface area (Å²) in [6.45, 7) is 3.28. The van der Waals surface area contributed by atoms with E-state index >= 15 is 0 Å². The summed E-state index contributed by atoms with van der Waals surface area (Å²) in [6.07, 6.45) is 3.64. The highest BCUT2D eigenvalue weighted by Crippen LogP contribution is 2.25. The molecule has 19 heavy (non-hydrogen) atoms. The molecule has 1 heterocycles. The number of hydrogen-bond acceptors (Lipinski definition) is 3. The number of anilines is 1. The SMILES string of the molecule is CC(CNC(=O)c1cccc2c1CCCN2)S(C)=O. The molecule has 1 aliphatic rings. The molecule has 1 aromatic rings. The molecule has 0 saturated carbocycles. The second-order valence-electron chi connectivity index (χ2n) is 4.88. The lowest BCUT2D eigenvalue weighted by molar-refractivity contribution is 0.0953. The van der Waals surface area contributed by atoms with Gasteiger partial charge in [0.25, 0.3) is 5.91 Å². The van der Waals surface area contributed by atoms with Crippen LogP contribution < -0.4 is 10.6 Å². The zero-order chi connectivity index (χ0) is 13.8. The molecule has 0 aromatic heterocycles. The van der Waals surface area contributed by atoms with Gasteiger partial charge in [-0.25, -0.2) is 0 Å². The van der Waals surface area contributed by atoms with Crippen LogP contribution in [0.2, 0.25) is 0 Å². The van der Waals surface area contributed by atoms with Crippen LogP contribution in [0.3, 0.4) is 0 Å². The van der Waals surface area contributed by atoms with Crippen molar-refractivity contribution in [1.29, 1.82) is 0 Å². The van der Waals surface area contributed by atoms with Gasteiger partial charge in [-0.3, -0.25) is 9.00 Å². The monoisotopic (exact) mass is 280 g/mol. The highest BCUT2D eigenvalue weighted by molar-refractivity contribution is 7.84. The topological polar surface area (TPSA) is 58.2 Å². The standard InChI is InChI=1S/C14H20N2O2S/c1-10(19(2)18)9-16-14(17)12-5-3-7-13-11(12)6-4-8-15-13/h3,5,7,10,15H,4,6,8-9H2,1-2H3,(H,16,17). The number of rotatable bonds is 4. The van der Waals surface area contributed by atoms with Crippen molar-refractivity contribution in [3.63, 3.8) is 0 Å². The second-order valence-corrected chi connectivity index (χ2v) is 6.68. The maximum Gasteiger partial charge on any atom is 0.251 e. The molecule has 2 rings (SSSR count). The molecule has 5 heteroatoms. The van der Waals surface area contributed by atoms with Crippen LogP contribution in [0.15, 0.2) is 18.2 Å². The van der Waals surface area contributed by atoms with Gasteiger partial charge in [0.05, 0.1) is 0 Å². The fourth-order valence-corrected chi connectivity index (χ4v) is 2.49. The quantitative estimate of drug-likeness (QED) is 0.879. The molecule has 0 saturated heterocycles. The van der Waals surface area contributed by atoms with Gasteiger partial charge in [0.1, 0.15) is 0 Å². The van der Waals surface area contributed by atoms with Gasteiger partial charge >= 0.3 is 0 Å². The molecule has 0 aliphatic carbocycles. The average molecular weight is 280 g/mol. The first-order chi connectivity index (χ1) is 9.09. The number of amides is 1. The van der Waals surface area contributed by atoms with Crippen LogP contribution >= 0.6 is 0 Å². The summed E-state index contributed by atoms with van der Waals surface area (Å²) >= 11 is 0. The highest BCUT2D eigenvalue weighted by atomic mass is 32.2. The second kappa shape index (κ2) is 6.19. The molecule has 104 valence electrons. The van der Waals surface area contributed by atoms with E-state index in [9.17, 15) is 9.00 Å². The number of carbonyl (C=O) groups excluding carboxylic acids is 1. The van der Waals surface area contributed by atoms with Crippen molar-refractivity contribution in [3.8, 4) is 0 Å². The molecule has 1 amide bonds. The molecule has 2 unspecified atom stereocenters. The number of carbonyl (C=O) groups is 1. The highest BCUT2D eigenvalue weighted by Gasteiger charge is 2.17. The third kappa shape index (κ3) is 3.35. The summed E-state index contributed by atoms with van der Waals surface area (Å²) in [6, 6.07) is 5.76. The van der Waals surface area contributed by atoms with Crippen molar-refractivity contribution in [3.05, 3.63) is 29.3 Å². The molecule has 2 N–H and O–H groups in total. The zero-order valence-corrected chi connectivity index (χ0v) is 12.2. The van der Waals surface area contributed by atoms with Crippen LogP contribution in [0.5, 0.6) is 0 Å². The summed E-state index contributed by atoms with van der Waals surface area (Å²) in [7, 11) is -0.912.